The molecule has 0 aliphatic carbocycles. The van der Waals surface area contributed by atoms with E-state index in [1.165, 1.54) is 31.0 Å². The van der Waals surface area contributed by atoms with Crippen LogP contribution >= 0.6 is 11.6 Å². The lowest BCUT2D eigenvalue weighted by Gasteiger charge is -2.32. The maximum absolute atomic E-state index is 13.1. The SMILES string of the molecule is CCCCN1CCC(NS(=O)(=O)Cc2ccc(F)c(Cl)c2)CC1. The summed E-state index contributed by atoms with van der Waals surface area (Å²) in [7, 11) is -3.45. The molecule has 0 atom stereocenters. The number of likely N-dealkylation sites (tertiary alicyclic amines) is 1. The van der Waals surface area contributed by atoms with E-state index >= 15 is 0 Å². The fourth-order valence-electron chi connectivity index (χ4n) is 2.80. The molecule has 1 saturated heterocycles. The number of rotatable bonds is 7. The number of hydrogen-bond donors (Lipinski definition) is 1. The first kappa shape index (κ1) is 18.6. The Morgan fingerprint density at radius 2 is 2.04 bits per heavy atom. The summed E-state index contributed by atoms with van der Waals surface area (Å²) in [6.07, 6.45) is 4.01. The molecule has 0 radical (unpaired) electrons. The summed E-state index contributed by atoms with van der Waals surface area (Å²) in [5.41, 5.74) is 0.490. The van der Waals surface area contributed by atoms with Crippen molar-refractivity contribution in [2.75, 3.05) is 19.6 Å². The largest absolute Gasteiger partial charge is 0.303 e. The average molecular weight is 363 g/mol. The molecular weight excluding hydrogens is 339 g/mol. The van der Waals surface area contributed by atoms with Crippen LogP contribution in [0.1, 0.15) is 38.2 Å². The van der Waals surface area contributed by atoms with Crippen molar-refractivity contribution in [2.45, 2.75) is 44.4 Å². The minimum Gasteiger partial charge on any atom is -0.303 e. The van der Waals surface area contributed by atoms with Gasteiger partial charge >= 0.3 is 0 Å². The van der Waals surface area contributed by atoms with Crippen molar-refractivity contribution in [2.24, 2.45) is 0 Å². The maximum atomic E-state index is 13.1. The maximum Gasteiger partial charge on any atom is 0.216 e. The highest BCUT2D eigenvalue weighted by Gasteiger charge is 2.23. The average Bonchev–Trinajstić information content (AvgIpc) is 2.49. The van der Waals surface area contributed by atoms with Crippen LogP contribution in [0.25, 0.3) is 0 Å². The Balaban J connectivity index is 1.85. The normalized spacial score (nSPS) is 17.5. The van der Waals surface area contributed by atoms with Crippen LogP contribution in [0.15, 0.2) is 18.2 Å². The molecule has 7 heteroatoms. The van der Waals surface area contributed by atoms with Gasteiger partial charge in [-0.15, -0.1) is 0 Å². The third kappa shape index (κ3) is 6.03. The minimum atomic E-state index is -3.45. The van der Waals surface area contributed by atoms with E-state index in [1.807, 2.05) is 0 Å². The van der Waals surface area contributed by atoms with E-state index in [-0.39, 0.29) is 16.8 Å². The Hall–Kier alpha value is -0.690. The molecule has 0 unspecified atom stereocenters. The molecule has 0 spiro atoms. The number of sulfonamides is 1. The van der Waals surface area contributed by atoms with Gasteiger partial charge in [-0.2, -0.15) is 0 Å². The molecule has 1 aliphatic heterocycles. The molecular formula is C16H24ClFN2O2S. The molecule has 4 nitrogen and oxygen atoms in total. The van der Waals surface area contributed by atoms with Crippen molar-refractivity contribution in [1.29, 1.82) is 0 Å². The number of halogens is 2. The molecule has 0 saturated carbocycles. The molecule has 1 aromatic carbocycles. The first-order chi connectivity index (χ1) is 10.9. The first-order valence-corrected chi connectivity index (χ1v) is 10.1. The van der Waals surface area contributed by atoms with Gasteiger partial charge in [-0.1, -0.05) is 31.0 Å². The van der Waals surface area contributed by atoms with E-state index in [1.54, 1.807) is 0 Å². The molecule has 0 amide bonds. The van der Waals surface area contributed by atoms with Gasteiger partial charge in [0.2, 0.25) is 10.0 Å². The summed E-state index contributed by atoms with van der Waals surface area (Å²) in [6.45, 7) is 5.11. The van der Waals surface area contributed by atoms with E-state index in [9.17, 15) is 12.8 Å². The van der Waals surface area contributed by atoms with Crippen molar-refractivity contribution in [3.05, 3.63) is 34.6 Å². The second-order valence-electron chi connectivity index (χ2n) is 6.09. The Bertz CT molecular complexity index is 617. The van der Waals surface area contributed by atoms with Crippen LogP contribution in [0.4, 0.5) is 4.39 Å². The summed E-state index contributed by atoms with van der Waals surface area (Å²) in [6, 6.07) is 3.99. The highest BCUT2D eigenvalue weighted by atomic mass is 35.5. The standard InChI is InChI=1S/C16H24ClFN2O2S/c1-2-3-8-20-9-6-14(7-10-20)19-23(21,22)12-13-4-5-16(18)15(17)11-13/h4-5,11,14,19H,2-3,6-10,12H2,1H3. The van der Waals surface area contributed by atoms with E-state index in [0.29, 0.717) is 5.56 Å². The third-order valence-corrected chi connectivity index (χ3v) is 5.80. The van der Waals surface area contributed by atoms with Gasteiger partial charge in [-0.25, -0.2) is 17.5 Å². The van der Waals surface area contributed by atoms with E-state index in [0.717, 1.165) is 32.5 Å². The van der Waals surface area contributed by atoms with Crippen LogP contribution in [0, 0.1) is 5.82 Å². The van der Waals surface area contributed by atoms with Crippen LogP contribution in [0.3, 0.4) is 0 Å². The number of unbranched alkanes of at least 4 members (excludes halogenated alkanes) is 1. The molecule has 0 aromatic heterocycles. The number of nitrogens with zero attached hydrogens (tertiary/aromatic N) is 1. The smallest absolute Gasteiger partial charge is 0.216 e. The molecule has 1 aromatic rings. The summed E-state index contributed by atoms with van der Waals surface area (Å²) in [4.78, 5) is 2.38. The van der Waals surface area contributed by atoms with Crippen molar-refractivity contribution in [3.8, 4) is 0 Å². The number of nitrogens with one attached hydrogen (secondary N) is 1. The highest BCUT2D eigenvalue weighted by molar-refractivity contribution is 7.88. The monoisotopic (exact) mass is 362 g/mol. The van der Waals surface area contributed by atoms with Gasteiger partial charge in [0.05, 0.1) is 10.8 Å². The zero-order valence-electron chi connectivity index (χ0n) is 13.4. The minimum absolute atomic E-state index is 0.0196. The Kier molecular flexibility index (Phi) is 6.83. The van der Waals surface area contributed by atoms with Crippen molar-refractivity contribution < 1.29 is 12.8 Å². The fraction of sp³-hybridized carbons (Fsp3) is 0.625. The summed E-state index contributed by atoms with van der Waals surface area (Å²) in [5, 5.41) is -0.0538. The predicted molar refractivity (Wildman–Crippen MR) is 91.5 cm³/mol. The van der Waals surface area contributed by atoms with E-state index in [2.05, 4.69) is 16.5 Å². The molecule has 0 bridgehead atoms. The fourth-order valence-corrected chi connectivity index (χ4v) is 4.45. The van der Waals surface area contributed by atoms with Crippen molar-refractivity contribution in [1.82, 2.24) is 9.62 Å². The van der Waals surface area contributed by atoms with Gasteiger partial charge in [0.1, 0.15) is 5.82 Å². The van der Waals surface area contributed by atoms with Gasteiger partial charge in [-0.05, 0) is 56.6 Å². The molecule has 1 N–H and O–H groups in total. The quantitative estimate of drug-likeness (QED) is 0.810. The van der Waals surface area contributed by atoms with Crippen LogP contribution in [-0.4, -0.2) is 39.0 Å². The lowest BCUT2D eigenvalue weighted by molar-refractivity contribution is 0.205. The van der Waals surface area contributed by atoms with Crippen LogP contribution in [0.5, 0.6) is 0 Å². The van der Waals surface area contributed by atoms with Crippen LogP contribution in [-0.2, 0) is 15.8 Å². The van der Waals surface area contributed by atoms with Gasteiger partial charge in [0.25, 0.3) is 0 Å². The zero-order valence-corrected chi connectivity index (χ0v) is 15.0. The van der Waals surface area contributed by atoms with Gasteiger partial charge in [0, 0.05) is 6.04 Å². The first-order valence-electron chi connectivity index (χ1n) is 8.06. The summed E-state index contributed by atoms with van der Waals surface area (Å²) in [5.74, 6) is -0.719. The lowest BCUT2D eigenvalue weighted by Crippen LogP contribution is -2.45. The Morgan fingerprint density at radius 1 is 1.35 bits per heavy atom. The van der Waals surface area contributed by atoms with Crippen molar-refractivity contribution in [3.63, 3.8) is 0 Å². The molecule has 1 aliphatic rings. The van der Waals surface area contributed by atoms with Gasteiger partial charge < -0.3 is 4.90 Å². The van der Waals surface area contributed by atoms with E-state index < -0.39 is 15.8 Å². The lowest BCUT2D eigenvalue weighted by atomic mass is 10.1. The predicted octanol–water partition coefficient (Wildman–Crippen LogP) is 3.16. The third-order valence-electron chi connectivity index (χ3n) is 4.10. The van der Waals surface area contributed by atoms with E-state index in [4.69, 9.17) is 11.6 Å². The second-order valence-corrected chi connectivity index (χ2v) is 8.26. The van der Waals surface area contributed by atoms with Crippen LogP contribution in [0.2, 0.25) is 5.02 Å². The Morgan fingerprint density at radius 3 is 2.65 bits per heavy atom. The number of piperidine rings is 1. The van der Waals surface area contributed by atoms with Crippen molar-refractivity contribution >= 4 is 21.6 Å². The van der Waals surface area contributed by atoms with Gasteiger partial charge in [-0.3, -0.25) is 0 Å². The number of benzene rings is 1. The van der Waals surface area contributed by atoms with Crippen LogP contribution < -0.4 is 4.72 Å². The van der Waals surface area contributed by atoms with Gasteiger partial charge in [0.15, 0.2) is 0 Å². The second kappa shape index (κ2) is 8.42. The topological polar surface area (TPSA) is 49.4 Å². The number of hydrogen-bond acceptors (Lipinski definition) is 3. The molecule has 130 valence electrons. The highest BCUT2D eigenvalue weighted by Crippen LogP contribution is 2.18. The molecule has 23 heavy (non-hydrogen) atoms. The molecule has 1 heterocycles. The summed E-state index contributed by atoms with van der Waals surface area (Å²) < 4.78 is 40.4. The Labute approximate surface area is 143 Å². The molecule has 2 rings (SSSR count). The molecule has 1 fully saturated rings. The zero-order chi connectivity index (χ0) is 16.9. The summed E-state index contributed by atoms with van der Waals surface area (Å²) >= 11 is 5.70.